The van der Waals surface area contributed by atoms with Gasteiger partial charge in [0.25, 0.3) is 0 Å². The lowest BCUT2D eigenvalue weighted by molar-refractivity contribution is -0.133. The van der Waals surface area contributed by atoms with Gasteiger partial charge >= 0.3 is 11.9 Å². The third-order valence-corrected chi connectivity index (χ3v) is 1.25. The molecule has 4 heteroatoms. The van der Waals surface area contributed by atoms with E-state index in [1.165, 1.54) is 25.2 Å². The number of hydrogen-bond donors (Lipinski definition) is 1. The Morgan fingerprint density at radius 3 is 2.50 bits per heavy atom. The van der Waals surface area contributed by atoms with Gasteiger partial charge in [-0.1, -0.05) is 6.08 Å². The highest BCUT2D eigenvalue weighted by Crippen LogP contribution is 1.93. The van der Waals surface area contributed by atoms with Gasteiger partial charge in [0, 0.05) is 11.6 Å². The molecule has 0 aromatic heterocycles. The molecule has 0 aliphatic rings. The molecule has 0 atom stereocenters. The predicted molar refractivity (Wildman–Crippen MR) is 51.4 cm³/mol. The summed E-state index contributed by atoms with van der Waals surface area (Å²) in [5.41, 5.74) is 0.170. The highest BCUT2D eigenvalue weighted by molar-refractivity contribution is 5.86. The minimum Gasteiger partial charge on any atom is -0.478 e. The minimum absolute atomic E-state index is 0.170. The van der Waals surface area contributed by atoms with Gasteiger partial charge < -0.3 is 9.84 Å². The summed E-state index contributed by atoms with van der Waals surface area (Å²) in [6, 6.07) is 0. The van der Waals surface area contributed by atoms with E-state index in [2.05, 4.69) is 4.74 Å². The Hall–Kier alpha value is -1.84. The number of carbonyl (C=O) groups excluding carboxylic acids is 1. The van der Waals surface area contributed by atoms with Crippen LogP contribution >= 0.6 is 0 Å². The molecule has 0 saturated carbocycles. The van der Waals surface area contributed by atoms with Crippen LogP contribution in [0, 0.1) is 0 Å². The van der Waals surface area contributed by atoms with Crippen LogP contribution in [-0.4, -0.2) is 17.0 Å². The highest BCUT2D eigenvalue weighted by atomic mass is 16.5. The van der Waals surface area contributed by atoms with Gasteiger partial charge in [0.05, 0.1) is 6.26 Å². The number of carbonyl (C=O) groups is 2. The van der Waals surface area contributed by atoms with Crippen molar-refractivity contribution < 1.29 is 19.4 Å². The van der Waals surface area contributed by atoms with Crippen LogP contribution in [0.4, 0.5) is 0 Å². The molecule has 0 aromatic rings. The molecule has 14 heavy (non-hydrogen) atoms. The predicted octanol–water partition coefficient (Wildman–Crippen LogP) is 1.65. The molecule has 0 unspecified atom stereocenters. The van der Waals surface area contributed by atoms with E-state index in [1.807, 2.05) is 0 Å². The number of carboxylic acids is 1. The lowest BCUT2D eigenvalue weighted by atomic mass is 10.3. The number of esters is 1. The monoisotopic (exact) mass is 196 g/mol. The largest absolute Gasteiger partial charge is 0.478 e. The zero-order chi connectivity index (χ0) is 11.0. The topological polar surface area (TPSA) is 63.6 Å². The zero-order valence-electron chi connectivity index (χ0n) is 8.06. The van der Waals surface area contributed by atoms with Crippen LogP contribution in [0.1, 0.15) is 13.8 Å². The molecule has 0 saturated heterocycles. The van der Waals surface area contributed by atoms with Gasteiger partial charge in [-0.2, -0.15) is 0 Å². The molecule has 0 radical (unpaired) electrons. The quantitative estimate of drug-likeness (QED) is 0.321. The maximum absolute atomic E-state index is 10.7. The van der Waals surface area contributed by atoms with E-state index >= 15 is 0 Å². The Labute approximate surface area is 82.2 Å². The maximum atomic E-state index is 10.7. The van der Waals surface area contributed by atoms with Crippen LogP contribution in [0.3, 0.4) is 0 Å². The molecule has 76 valence electrons. The molecular formula is C10H12O4. The number of aliphatic carboxylic acids is 1. The van der Waals surface area contributed by atoms with E-state index in [-0.39, 0.29) is 5.57 Å². The second kappa shape index (κ2) is 6.65. The van der Waals surface area contributed by atoms with Gasteiger partial charge in [0.1, 0.15) is 0 Å². The van der Waals surface area contributed by atoms with Crippen molar-refractivity contribution in [1.82, 2.24) is 0 Å². The summed E-state index contributed by atoms with van der Waals surface area (Å²) in [5.74, 6) is -1.50. The van der Waals surface area contributed by atoms with E-state index < -0.39 is 11.9 Å². The Morgan fingerprint density at radius 2 is 2.00 bits per heavy atom. The molecule has 0 fully saturated rings. The summed E-state index contributed by atoms with van der Waals surface area (Å²) >= 11 is 0. The molecule has 0 aliphatic heterocycles. The van der Waals surface area contributed by atoms with Crippen molar-refractivity contribution in [2.45, 2.75) is 13.8 Å². The number of rotatable bonds is 4. The number of carboxylic acid groups (broad SMARTS) is 1. The average molecular weight is 196 g/mol. The van der Waals surface area contributed by atoms with Gasteiger partial charge in [-0.25, -0.2) is 9.59 Å². The molecule has 0 rings (SSSR count). The standard InChI is InChI=1S/C10H12O4/c1-3-5-9(11)14-7-4-6-8(2)10(12)13/h3-7H,1-2H3,(H,12,13)/b5-3+,7-4?,8-6?. The van der Waals surface area contributed by atoms with Crippen molar-refractivity contribution in [2.24, 2.45) is 0 Å². The molecule has 0 spiro atoms. The second-order valence-electron chi connectivity index (χ2n) is 2.42. The minimum atomic E-state index is -1.01. The van der Waals surface area contributed by atoms with Gasteiger partial charge in [-0.3, -0.25) is 0 Å². The maximum Gasteiger partial charge on any atom is 0.335 e. The molecule has 0 heterocycles. The zero-order valence-corrected chi connectivity index (χ0v) is 8.06. The third-order valence-electron chi connectivity index (χ3n) is 1.25. The van der Waals surface area contributed by atoms with Crippen molar-refractivity contribution >= 4 is 11.9 Å². The van der Waals surface area contributed by atoms with Gasteiger partial charge in [-0.15, -0.1) is 0 Å². The fourth-order valence-corrected chi connectivity index (χ4v) is 0.537. The average Bonchev–Trinajstić information content (AvgIpc) is 2.12. The molecule has 1 N–H and O–H groups in total. The van der Waals surface area contributed by atoms with Crippen LogP contribution in [0.15, 0.2) is 36.1 Å². The molecule has 4 nitrogen and oxygen atoms in total. The van der Waals surface area contributed by atoms with E-state index in [0.29, 0.717) is 0 Å². The number of hydrogen-bond acceptors (Lipinski definition) is 3. The molecule has 0 bridgehead atoms. The summed E-state index contributed by atoms with van der Waals surface area (Å²) < 4.78 is 4.57. The van der Waals surface area contributed by atoms with Crippen molar-refractivity contribution in [3.8, 4) is 0 Å². The van der Waals surface area contributed by atoms with Crippen LogP contribution in [0.5, 0.6) is 0 Å². The van der Waals surface area contributed by atoms with Crippen LogP contribution < -0.4 is 0 Å². The van der Waals surface area contributed by atoms with Gasteiger partial charge in [-0.05, 0) is 26.0 Å². The lowest BCUT2D eigenvalue weighted by Gasteiger charge is -1.90. The van der Waals surface area contributed by atoms with E-state index in [1.54, 1.807) is 13.0 Å². The molecule has 0 aromatic carbocycles. The van der Waals surface area contributed by atoms with Crippen molar-refractivity contribution in [1.29, 1.82) is 0 Å². The Kier molecular flexibility index (Phi) is 5.78. The first-order chi connectivity index (χ1) is 6.57. The second-order valence-corrected chi connectivity index (χ2v) is 2.42. The summed E-state index contributed by atoms with van der Waals surface area (Å²) in [4.78, 5) is 21.0. The summed E-state index contributed by atoms with van der Waals surface area (Å²) in [6.07, 6.45) is 6.64. The first-order valence-electron chi connectivity index (χ1n) is 3.98. The number of allylic oxidation sites excluding steroid dienone is 3. The first kappa shape index (κ1) is 12.2. The molecule has 0 aliphatic carbocycles. The highest BCUT2D eigenvalue weighted by Gasteiger charge is 1.95. The van der Waals surface area contributed by atoms with E-state index in [9.17, 15) is 9.59 Å². The van der Waals surface area contributed by atoms with Crippen LogP contribution in [0.25, 0.3) is 0 Å². The van der Waals surface area contributed by atoms with Crippen molar-refractivity contribution in [3.05, 3.63) is 36.1 Å². The van der Waals surface area contributed by atoms with Crippen LogP contribution in [-0.2, 0) is 14.3 Å². The van der Waals surface area contributed by atoms with Gasteiger partial charge in [0.2, 0.25) is 0 Å². The fraction of sp³-hybridized carbons (Fsp3) is 0.200. The van der Waals surface area contributed by atoms with Crippen molar-refractivity contribution in [2.75, 3.05) is 0 Å². The summed E-state index contributed by atoms with van der Waals surface area (Å²) in [5, 5.41) is 8.45. The third kappa shape index (κ3) is 5.77. The summed E-state index contributed by atoms with van der Waals surface area (Å²) in [7, 11) is 0. The van der Waals surface area contributed by atoms with Crippen LogP contribution in [0.2, 0.25) is 0 Å². The molecule has 0 amide bonds. The lowest BCUT2D eigenvalue weighted by Crippen LogP contribution is -1.95. The number of ether oxygens (including phenoxy) is 1. The van der Waals surface area contributed by atoms with Crippen molar-refractivity contribution in [3.63, 3.8) is 0 Å². The summed E-state index contributed by atoms with van der Waals surface area (Å²) in [6.45, 7) is 3.14. The fourth-order valence-electron chi connectivity index (χ4n) is 0.537. The Morgan fingerprint density at radius 1 is 1.36 bits per heavy atom. The van der Waals surface area contributed by atoms with Gasteiger partial charge in [0.15, 0.2) is 0 Å². The first-order valence-corrected chi connectivity index (χ1v) is 3.98. The Balaban J connectivity index is 4.03. The Bertz CT molecular complexity index is 297. The molecular weight excluding hydrogens is 184 g/mol. The normalized spacial score (nSPS) is 12.3. The van der Waals surface area contributed by atoms with E-state index in [4.69, 9.17) is 5.11 Å². The van der Waals surface area contributed by atoms with E-state index in [0.717, 1.165) is 6.26 Å². The smallest absolute Gasteiger partial charge is 0.335 e. The SMILES string of the molecule is C/C=C/C(=O)OC=CC=C(C)C(=O)O.